The number of fused-ring (bicyclic) bond motifs is 1. The number of hydrogen-bond donors (Lipinski definition) is 4. The van der Waals surface area contributed by atoms with Gasteiger partial charge >= 0.3 is 0 Å². The first-order valence-corrected chi connectivity index (χ1v) is 13.4. The standard InChI is InChI=1S/C30H33N7O3/c1-4-27(38)34-21-9-5-8-20(14-21)30(39)35-23-11-6-10-22(15-23)33-26-16-28(40-24-12-7-13-31-17-24)36-29-25(19(2)3)18-32-37(26)29/h4-6,8-11,14-16,18-19,24,31,33H,1,7,12-13,17H2,2-3H3,(H,34,38)(H,35,39). The van der Waals surface area contributed by atoms with Crippen molar-refractivity contribution in [2.45, 2.75) is 38.7 Å². The van der Waals surface area contributed by atoms with E-state index in [1.807, 2.05) is 36.5 Å². The summed E-state index contributed by atoms with van der Waals surface area (Å²) in [6.07, 6.45) is 5.12. The molecule has 2 aromatic heterocycles. The minimum atomic E-state index is -0.344. The van der Waals surface area contributed by atoms with Gasteiger partial charge in [-0.25, -0.2) is 0 Å². The zero-order chi connectivity index (χ0) is 28.1. The van der Waals surface area contributed by atoms with Gasteiger partial charge in [-0.15, -0.1) is 0 Å². The lowest BCUT2D eigenvalue weighted by molar-refractivity contribution is -0.111. The van der Waals surface area contributed by atoms with Gasteiger partial charge in [-0.1, -0.05) is 32.6 Å². The number of rotatable bonds is 9. The van der Waals surface area contributed by atoms with Crippen molar-refractivity contribution in [3.05, 3.63) is 84.6 Å². The van der Waals surface area contributed by atoms with Crippen LogP contribution in [0.2, 0.25) is 0 Å². The maximum Gasteiger partial charge on any atom is 0.255 e. The molecule has 0 bridgehead atoms. The van der Waals surface area contributed by atoms with Gasteiger partial charge in [0.15, 0.2) is 5.65 Å². The fraction of sp³-hybridized carbons (Fsp3) is 0.267. The van der Waals surface area contributed by atoms with Crippen molar-refractivity contribution < 1.29 is 14.3 Å². The SMILES string of the molecule is C=CC(=O)Nc1cccc(C(=O)Nc2cccc(Nc3cc(OC4CCCNC4)nc4c(C(C)C)cnn34)c2)c1. The first-order chi connectivity index (χ1) is 19.4. The molecular formula is C30H33N7O3. The van der Waals surface area contributed by atoms with E-state index in [9.17, 15) is 9.59 Å². The zero-order valence-electron chi connectivity index (χ0n) is 22.6. The number of piperidine rings is 1. The van der Waals surface area contributed by atoms with Gasteiger partial charge in [-0.3, -0.25) is 9.59 Å². The molecular weight excluding hydrogens is 506 g/mol. The number of anilines is 4. The third kappa shape index (κ3) is 6.29. The Morgan fingerprint density at radius 1 is 1.10 bits per heavy atom. The number of hydrogen-bond acceptors (Lipinski definition) is 7. The van der Waals surface area contributed by atoms with Crippen LogP contribution in [0.5, 0.6) is 5.88 Å². The van der Waals surface area contributed by atoms with Crippen molar-refractivity contribution in [3.8, 4) is 5.88 Å². The summed E-state index contributed by atoms with van der Waals surface area (Å²) in [6, 6.07) is 16.0. The summed E-state index contributed by atoms with van der Waals surface area (Å²) >= 11 is 0. The molecule has 1 atom stereocenters. The number of nitrogens with zero attached hydrogens (tertiary/aromatic N) is 3. The Balaban J connectivity index is 1.37. The molecule has 1 aliphatic rings. The van der Waals surface area contributed by atoms with Crippen LogP contribution >= 0.6 is 0 Å². The largest absolute Gasteiger partial charge is 0.473 e. The van der Waals surface area contributed by atoms with Gasteiger partial charge in [0.1, 0.15) is 11.9 Å². The molecule has 2 aromatic carbocycles. The summed E-state index contributed by atoms with van der Waals surface area (Å²) in [6.45, 7) is 9.46. The lowest BCUT2D eigenvalue weighted by atomic mass is 10.1. The Bertz CT molecular complexity index is 1540. The smallest absolute Gasteiger partial charge is 0.255 e. The van der Waals surface area contributed by atoms with E-state index in [4.69, 9.17) is 9.72 Å². The Hall–Kier alpha value is -4.70. The zero-order valence-corrected chi connectivity index (χ0v) is 22.6. The molecule has 10 nitrogen and oxygen atoms in total. The van der Waals surface area contributed by atoms with E-state index in [0.29, 0.717) is 28.6 Å². The van der Waals surface area contributed by atoms with Crippen LogP contribution in [0.1, 0.15) is 48.5 Å². The van der Waals surface area contributed by atoms with Gasteiger partial charge in [0.25, 0.3) is 5.91 Å². The van der Waals surface area contributed by atoms with E-state index in [-0.39, 0.29) is 23.8 Å². The summed E-state index contributed by atoms with van der Waals surface area (Å²) in [4.78, 5) is 29.4. The number of aromatic nitrogens is 3. The highest BCUT2D eigenvalue weighted by Crippen LogP contribution is 2.28. The van der Waals surface area contributed by atoms with Crippen molar-refractivity contribution in [3.63, 3.8) is 0 Å². The van der Waals surface area contributed by atoms with E-state index < -0.39 is 0 Å². The van der Waals surface area contributed by atoms with Crippen LogP contribution in [0.15, 0.2) is 73.4 Å². The van der Waals surface area contributed by atoms with Gasteiger partial charge in [-0.05, 0) is 67.8 Å². The van der Waals surface area contributed by atoms with Crippen LogP contribution in [-0.2, 0) is 4.79 Å². The molecule has 0 radical (unpaired) electrons. The third-order valence-electron chi connectivity index (χ3n) is 6.61. The van der Waals surface area contributed by atoms with Crippen molar-refractivity contribution in [1.82, 2.24) is 19.9 Å². The van der Waals surface area contributed by atoms with Crippen molar-refractivity contribution in [2.75, 3.05) is 29.0 Å². The minimum Gasteiger partial charge on any atom is -0.473 e. The number of carbonyl (C=O) groups excluding carboxylic acids is 2. The van der Waals surface area contributed by atoms with Gasteiger partial charge < -0.3 is 26.0 Å². The molecule has 0 saturated carbocycles. The molecule has 1 saturated heterocycles. The predicted molar refractivity (Wildman–Crippen MR) is 157 cm³/mol. The lowest BCUT2D eigenvalue weighted by Gasteiger charge is -2.23. The van der Waals surface area contributed by atoms with E-state index in [2.05, 4.69) is 46.8 Å². The fourth-order valence-corrected chi connectivity index (χ4v) is 4.56. The molecule has 4 N–H and O–H groups in total. The highest BCUT2D eigenvalue weighted by molar-refractivity contribution is 6.06. The third-order valence-corrected chi connectivity index (χ3v) is 6.61. The highest BCUT2D eigenvalue weighted by atomic mass is 16.5. The van der Waals surface area contributed by atoms with Crippen LogP contribution in [-0.4, -0.2) is 45.6 Å². The average molecular weight is 540 g/mol. The molecule has 1 unspecified atom stereocenters. The summed E-state index contributed by atoms with van der Waals surface area (Å²) in [5.74, 6) is 0.835. The number of amides is 2. The number of carbonyl (C=O) groups is 2. The maximum absolute atomic E-state index is 13.0. The minimum absolute atomic E-state index is 0.0594. The summed E-state index contributed by atoms with van der Waals surface area (Å²) in [5.41, 5.74) is 4.05. The Kier molecular flexibility index (Phi) is 8.07. The Morgan fingerprint density at radius 3 is 2.62 bits per heavy atom. The summed E-state index contributed by atoms with van der Waals surface area (Å²) in [5, 5.41) is 17.0. The first-order valence-electron chi connectivity index (χ1n) is 13.4. The fourth-order valence-electron chi connectivity index (χ4n) is 4.56. The van der Waals surface area contributed by atoms with Gasteiger partial charge in [0, 0.05) is 40.8 Å². The van der Waals surface area contributed by atoms with Crippen molar-refractivity contribution >= 4 is 40.3 Å². The molecule has 0 spiro atoms. The molecule has 0 aliphatic carbocycles. The van der Waals surface area contributed by atoms with E-state index in [1.54, 1.807) is 28.8 Å². The van der Waals surface area contributed by atoms with Crippen molar-refractivity contribution in [2.24, 2.45) is 0 Å². The van der Waals surface area contributed by atoms with Crippen molar-refractivity contribution in [1.29, 1.82) is 0 Å². The number of nitrogens with one attached hydrogen (secondary N) is 4. The first kappa shape index (κ1) is 26.9. The van der Waals surface area contributed by atoms with Gasteiger partial charge in [-0.2, -0.15) is 14.6 Å². The quantitative estimate of drug-likeness (QED) is 0.218. The van der Waals surface area contributed by atoms with E-state index in [1.165, 1.54) is 6.08 Å². The second-order valence-electron chi connectivity index (χ2n) is 9.99. The van der Waals surface area contributed by atoms with Crippen LogP contribution < -0.4 is 26.0 Å². The van der Waals surface area contributed by atoms with Crippen LogP contribution in [0.3, 0.4) is 0 Å². The molecule has 2 amide bonds. The lowest BCUT2D eigenvalue weighted by Crippen LogP contribution is -2.37. The Labute approximate surface area is 232 Å². The predicted octanol–water partition coefficient (Wildman–Crippen LogP) is 5.10. The maximum atomic E-state index is 13.0. The topological polar surface area (TPSA) is 122 Å². The number of benzene rings is 2. The number of ether oxygens (including phenoxy) is 1. The van der Waals surface area contributed by atoms with E-state index >= 15 is 0 Å². The second kappa shape index (κ2) is 12.0. The molecule has 3 heterocycles. The molecule has 4 aromatic rings. The molecule has 10 heteroatoms. The van der Waals surface area contributed by atoms with Crippen LogP contribution in [0.4, 0.5) is 22.9 Å². The summed E-state index contributed by atoms with van der Waals surface area (Å²) < 4.78 is 8.04. The normalized spacial score (nSPS) is 15.0. The van der Waals surface area contributed by atoms with Crippen LogP contribution in [0, 0.1) is 0 Å². The summed E-state index contributed by atoms with van der Waals surface area (Å²) in [7, 11) is 0. The van der Waals surface area contributed by atoms with Gasteiger partial charge in [0.2, 0.25) is 11.8 Å². The van der Waals surface area contributed by atoms with Gasteiger partial charge in [0.05, 0.1) is 6.20 Å². The highest BCUT2D eigenvalue weighted by Gasteiger charge is 2.19. The molecule has 1 fully saturated rings. The monoisotopic (exact) mass is 539 g/mol. The average Bonchev–Trinajstić information content (AvgIpc) is 3.39. The van der Waals surface area contributed by atoms with E-state index in [0.717, 1.165) is 42.8 Å². The second-order valence-corrected chi connectivity index (χ2v) is 9.99. The molecule has 5 rings (SSSR count). The molecule has 206 valence electrons. The molecule has 1 aliphatic heterocycles. The Morgan fingerprint density at radius 2 is 1.88 bits per heavy atom. The van der Waals surface area contributed by atoms with Crippen LogP contribution in [0.25, 0.3) is 5.65 Å². The molecule has 40 heavy (non-hydrogen) atoms.